The van der Waals surface area contributed by atoms with E-state index in [1.165, 1.54) is 4.90 Å². The maximum absolute atomic E-state index is 12.4. The van der Waals surface area contributed by atoms with Crippen LogP contribution in [0.4, 0.5) is 5.69 Å². The highest BCUT2D eigenvalue weighted by atomic mass is 16.4. The number of nitrogens with zero attached hydrogens (tertiary/aromatic N) is 1. The highest BCUT2D eigenvalue weighted by molar-refractivity contribution is 5.87. The number of benzene rings is 1. The molecule has 180 valence electrons. The first-order chi connectivity index (χ1) is 15.5. The second kappa shape index (κ2) is 11.5. The Kier molecular flexibility index (Phi) is 8.98. The van der Waals surface area contributed by atoms with E-state index in [0.717, 1.165) is 10.9 Å². The van der Waals surface area contributed by atoms with Crippen molar-refractivity contribution in [2.24, 2.45) is 0 Å². The Morgan fingerprint density at radius 1 is 1.18 bits per heavy atom. The van der Waals surface area contributed by atoms with Crippen molar-refractivity contribution in [2.45, 2.75) is 52.5 Å². The molecule has 10 heteroatoms. The molecule has 0 aliphatic heterocycles. The summed E-state index contributed by atoms with van der Waals surface area (Å²) in [5.41, 5.74) is 7.92. The summed E-state index contributed by atoms with van der Waals surface area (Å²) >= 11 is 0. The zero-order valence-corrected chi connectivity index (χ0v) is 19.1. The number of hydrogen-bond donors (Lipinski definition) is 2. The third-order valence-electron chi connectivity index (χ3n) is 5.69. The van der Waals surface area contributed by atoms with Gasteiger partial charge in [0.15, 0.2) is 0 Å². The Balaban J connectivity index is 1.92. The summed E-state index contributed by atoms with van der Waals surface area (Å²) in [6.07, 6.45) is 0.933. The molecule has 0 aliphatic rings. The van der Waals surface area contributed by atoms with Crippen LogP contribution >= 0.6 is 0 Å². The number of nitrogens with two attached hydrogens (primary N) is 1. The average molecular weight is 459 g/mol. The molecular weight excluding hydrogens is 430 g/mol. The summed E-state index contributed by atoms with van der Waals surface area (Å²) in [6.45, 7) is 5.26. The van der Waals surface area contributed by atoms with Crippen molar-refractivity contribution in [3.8, 4) is 0 Å². The van der Waals surface area contributed by atoms with E-state index < -0.39 is 30.2 Å². The van der Waals surface area contributed by atoms with Gasteiger partial charge in [0, 0.05) is 36.3 Å². The van der Waals surface area contributed by atoms with Gasteiger partial charge < -0.3 is 35.3 Å². The molecule has 3 N–H and O–H groups in total. The van der Waals surface area contributed by atoms with Crippen LogP contribution in [-0.2, 0) is 20.8 Å². The molecule has 1 atom stereocenters. The van der Waals surface area contributed by atoms with Crippen LogP contribution in [0.1, 0.15) is 42.9 Å². The largest absolute Gasteiger partial charge is 0.549 e. The third kappa shape index (κ3) is 6.79. The molecule has 0 fully saturated rings. The Morgan fingerprint density at radius 2 is 1.88 bits per heavy atom. The molecule has 1 aromatic heterocycles. The highest BCUT2D eigenvalue weighted by Gasteiger charge is 2.19. The molecule has 2 aromatic rings. The fourth-order valence-corrected chi connectivity index (χ4v) is 3.73. The molecule has 1 heterocycles. The normalized spacial score (nSPS) is 12.1. The maximum Gasteiger partial charge on any atom is 0.340 e. The zero-order valence-electron chi connectivity index (χ0n) is 19.1. The lowest BCUT2D eigenvalue weighted by atomic mass is 10.0. The molecule has 0 bridgehead atoms. The lowest BCUT2D eigenvalue weighted by Gasteiger charge is -2.31. The van der Waals surface area contributed by atoms with Crippen molar-refractivity contribution in [1.29, 1.82) is 0 Å². The van der Waals surface area contributed by atoms with Gasteiger partial charge in [-0.1, -0.05) is 6.92 Å². The van der Waals surface area contributed by atoms with E-state index in [1.54, 1.807) is 19.9 Å². The minimum absolute atomic E-state index is 0.148. The minimum atomic E-state index is -1.36. The Labute approximate surface area is 191 Å². The molecule has 2 rings (SSSR count). The number of unbranched alkanes of at least 4 members (excludes halogenated alkanes) is 1. The number of carboxylic acids is 2. The van der Waals surface area contributed by atoms with E-state index in [-0.39, 0.29) is 37.4 Å². The number of anilines is 1. The van der Waals surface area contributed by atoms with E-state index in [1.807, 2.05) is 13.0 Å². The lowest BCUT2D eigenvalue weighted by molar-refractivity contribution is -0.315. The number of hydrogen-bond acceptors (Lipinski definition) is 9. The fraction of sp³-hybridized carbons (Fsp3) is 0.478. The van der Waals surface area contributed by atoms with Gasteiger partial charge in [-0.05, 0) is 56.8 Å². The van der Waals surface area contributed by atoms with E-state index in [2.05, 4.69) is 5.32 Å². The van der Waals surface area contributed by atoms with Crippen molar-refractivity contribution in [3.05, 3.63) is 39.2 Å². The number of aliphatic carboxylic acids is 2. The number of rotatable bonds is 12. The van der Waals surface area contributed by atoms with Gasteiger partial charge in [0.25, 0.3) is 0 Å². The number of likely N-dealkylation sites (N-methyl/N-ethyl adjacent to an activating group) is 1. The first kappa shape index (κ1) is 25.9. The molecular formula is C23H29N3O7-2. The van der Waals surface area contributed by atoms with Crippen molar-refractivity contribution in [2.75, 3.05) is 25.4 Å². The van der Waals surface area contributed by atoms with Crippen LogP contribution in [0.5, 0.6) is 0 Å². The number of carboxylic acid groups (broad SMARTS) is 2. The Hall–Kier alpha value is -3.40. The van der Waals surface area contributed by atoms with Crippen LogP contribution in [0, 0.1) is 13.8 Å². The molecule has 0 spiro atoms. The van der Waals surface area contributed by atoms with Gasteiger partial charge in [-0.15, -0.1) is 0 Å². The second-order valence-electron chi connectivity index (χ2n) is 7.99. The van der Waals surface area contributed by atoms with Crippen LogP contribution in [-0.4, -0.2) is 48.4 Å². The number of nitrogens with one attached hydrogen (secondary N) is 1. The van der Waals surface area contributed by atoms with E-state index in [4.69, 9.17) is 10.2 Å². The Morgan fingerprint density at radius 3 is 2.48 bits per heavy atom. The minimum Gasteiger partial charge on any atom is -0.549 e. The molecule has 1 amide bonds. The van der Waals surface area contributed by atoms with Crippen molar-refractivity contribution >= 4 is 34.5 Å². The molecule has 1 unspecified atom stereocenters. The van der Waals surface area contributed by atoms with E-state index >= 15 is 0 Å². The van der Waals surface area contributed by atoms with E-state index in [0.29, 0.717) is 29.7 Å². The summed E-state index contributed by atoms with van der Waals surface area (Å²) in [7, 11) is 0. The van der Waals surface area contributed by atoms with Gasteiger partial charge >= 0.3 is 5.63 Å². The summed E-state index contributed by atoms with van der Waals surface area (Å²) in [5.74, 6) is -3.07. The van der Waals surface area contributed by atoms with Gasteiger partial charge in [0.2, 0.25) is 5.91 Å². The van der Waals surface area contributed by atoms with Crippen molar-refractivity contribution in [1.82, 2.24) is 10.2 Å². The molecule has 10 nitrogen and oxygen atoms in total. The monoisotopic (exact) mass is 459 g/mol. The van der Waals surface area contributed by atoms with Gasteiger partial charge in [0.1, 0.15) is 5.58 Å². The summed E-state index contributed by atoms with van der Waals surface area (Å²) in [5, 5.41) is 25.6. The van der Waals surface area contributed by atoms with Crippen molar-refractivity contribution in [3.63, 3.8) is 0 Å². The standard InChI is InChI=1S/C23H31N3O7/c1-4-26(12-21(28)29)18(22(30)31)7-5-6-8-25-20(27)10-16-14(3)15-9-13(2)17(24)11-19(15)33-23(16)32/h9,11,18H,4-8,10,12,24H2,1-3H3,(H,25,27)(H,28,29)(H,30,31)/p-2. The predicted octanol–water partition coefficient (Wildman–Crippen LogP) is -0.989. The Bertz CT molecular complexity index is 1090. The molecule has 0 radical (unpaired) electrons. The summed E-state index contributed by atoms with van der Waals surface area (Å²) < 4.78 is 5.33. The topological polar surface area (TPSA) is 169 Å². The quantitative estimate of drug-likeness (QED) is 0.230. The molecule has 1 aromatic carbocycles. The fourth-order valence-electron chi connectivity index (χ4n) is 3.73. The average Bonchev–Trinajstić information content (AvgIpc) is 2.73. The summed E-state index contributed by atoms with van der Waals surface area (Å²) in [6, 6.07) is 2.36. The maximum atomic E-state index is 12.4. The SMILES string of the molecule is CCN(CC(=O)[O-])C(CCCCNC(=O)Cc1c(C)c2cc(C)c(N)cc2oc1=O)C(=O)[O-]. The van der Waals surface area contributed by atoms with Gasteiger partial charge in [0.05, 0.1) is 23.9 Å². The first-order valence-electron chi connectivity index (χ1n) is 10.8. The summed E-state index contributed by atoms with van der Waals surface area (Å²) in [4.78, 5) is 48.2. The number of fused-ring (bicyclic) bond motifs is 1. The third-order valence-corrected chi connectivity index (χ3v) is 5.69. The zero-order chi connectivity index (χ0) is 24.7. The molecule has 0 saturated carbocycles. The van der Waals surface area contributed by atoms with Gasteiger partial charge in [-0.3, -0.25) is 9.69 Å². The molecule has 0 aliphatic carbocycles. The van der Waals surface area contributed by atoms with Crippen molar-refractivity contribution < 1.29 is 29.0 Å². The van der Waals surface area contributed by atoms with Crippen LogP contribution in [0.2, 0.25) is 0 Å². The predicted molar refractivity (Wildman–Crippen MR) is 118 cm³/mol. The van der Waals surface area contributed by atoms with Crippen LogP contribution in [0.15, 0.2) is 21.3 Å². The molecule has 0 saturated heterocycles. The number of amides is 1. The first-order valence-corrected chi connectivity index (χ1v) is 10.8. The van der Waals surface area contributed by atoms with E-state index in [9.17, 15) is 29.4 Å². The number of aryl methyl sites for hydroxylation is 2. The van der Waals surface area contributed by atoms with Crippen LogP contribution < -0.4 is 26.9 Å². The van der Waals surface area contributed by atoms with Gasteiger partial charge in [-0.2, -0.15) is 0 Å². The number of nitrogen functional groups attached to an aromatic ring is 1. The lowest BCUT2D eigenvalue weighted by Crippen LogP contribution is -2.51. The molecule has 33 heavy (non-hydrogen) atoms. The second-order valence-corrected chi connectivity index (χ2v) is 7.99. The smallest absolute Gasteiger partial charge is 0.340 e. The number of carbonyl (C=O) groups excluding carboxylic acids is 3. The highest BCUT2D eigenvalue weighted by Crippen LogP contribution is 2.24. The van der Waals surface area contributed by atoms with Crippen LogP contribution in [0.25, 0.3) is 11.0 Å². The number of carbonyl (C=O) groups is 3. The van der Waals surface area contributed by atoms with Crippen LogP contribution in [0.3, 0.4) is 0 Å². The van der Waals surface area contributed by atoms with Gasteiger partial charge in [-0.25, -0.2) is 4.79 Å².